The molecule has 3 aliphatic rings. The van der Waals surface area contributed by atoms with Crippen molar-refractivity contribution in [2.75, 3.05) is 5.32 Å². The van der Waals surface area contributed by atoms with Crippen LogP contribution in [0.1, 0.15) is 52.7 Å². The second-order valence-corrected chi connectivity index (χ2v) is 7.78. The van der Waals surface area contributed by atoms with E-state index in [1.807, 2.05) is 6.07 Å². The lowest BCUT2D eigenvalue weighted by Gasteiger charge is -2.44. The maximum atomic E-state index is 14.6. The third-order valence-corrected chi connectivity index (χ3v) is 6.67. The molecule has 2 aliphatic carbocycles. The van der Waals surface area contributed by atoms with Gasteiger partial charge in [0.15, 0.2) is 11.6 Å². The van der Waals surface area contributed by atoms with Crippen LogP contribution in [0.4, 0.5) is 14.5 Å². The van der Waals surface area contributed by atoms with E-state index in [0.717, 1.165) is 30.9 Å². The molecular weight excluding hydrogens is 336 g/mol. The lowest BCUT2D eigenvalue weighted by molar-refractivity contribution is 0.0697. The number of rotatable bonds is 2. The number of carboxylic acids is 1. The first-order chi connectivity index (χ1) is 12.6. The van der Waals surface area contributed by atoms with Gasteiger partial charge in [-0.3, -0.25) is 0 Å². The average Bonchev–Trinajstić information content (AvgIpc) is 3.25. The molecule has 5 rings (SSSR count). The van der Waals surface area contributed by atoms with Gasteiger partial charge >= 0.3 is 5.97 Å². The second-order valence-electron chi connectivity index (χ2n) is 7.78. The molecule has 2 saturated carbocycles. The van der Waals surface area contributed by atoms with Crippen molar-refractivity contribution in [2.24, 2.45) is 17.8 Å². The Morgan fingerprint density at radius 3 is 2.58 bits per heavy atom. The Labute approximate surface area is 150 Å². The van der Waals surface area contributed by atoms with Gasteiger partial charge in [-0.2, -0.15) is 0 Å². The minimum Gasteiger partial charge on any atom is -0.478 e. The van der Waals surface area contributed by atoms with Gasteiger partial charge in [-0.05, 0) is 60.6 Å². The van der Waals surface area contributed by atoms with Gasteiger partial charge in [-0.25, -0.2) is 13.6 Å². The predicted octanol–water partition coefficient (Wildman–Crippen LogP) is 4.96. The molecule has 0 radical (unpaired) electrons. The molecule has 5 heteroatoms. The van der Waals surface area contributed by atoms with Gasteiger partial charge in [0.1, 0.15) is 0 Å². The Hall–Kier alpha value is -2.43. The molecule has 0 amide bonds. The third-order valence-electron chi connectivity index (χ3n) is 6.67. The van der Waals surface area contributed by atoms with Gasteiger partial charge in [0.05, 0.1) is 17.3 Å². The van der Waals surface area contributed by atoms with Gasteiger partial charge in [-0.1, -0.05) is 24.3 Å². The summed E-state index contributed by atoms with van der Waals surface area (Å²) in [5.74, 6) is -1.36. The number of para-hydroxylation sites is 1. The number of halogens is 2. The molecule has 2 aromatic rings. The van der Waals surface area contributed by atoms with Crippen LogP contribution >= 0.6 is 0 Å². The summed E-state index contributed by atoms with van der Waals surface area (Å²) < 4.78 is 28.5. The minimum atomic E-state index is -1.01. The molecule has 1 aliphatic heterocycles. The van der Waals surface area contributed by atoms with E-state index in [1.54, 1.807) is 18.2 Å². The van der Waals surface area contributed by atoms with Crippen molar-refractivity contribution >= 4 is 11.7 Å². The normalized spacial score (nSPS) is 31.2. The average molecular weight is 355 g/mol. The van der Waals surface area contributed by atoms with Crippen molar-refractivity contribution in [3.05, 3.63) is 64.7 Å². The molecular formula is C21H19F2NO2. The summed E-state index contributed by atoms with van der Waals surface area (Å²) in [6.07, 6.45) is 3.32. The van der Waals surface area contributed by atoms with E-state index in [9.17, 15) is 18.7 Å². The van der Waals surface area contributed by atoms with Crippen molar-refractivity contribution in [3.8, 4) is 0 Å². The molecule has 0 aromatic heterocycles. The van der Waals surface area contributed by atoms with Crippen LogP contribution in [-0.4, -0.2) is 11.1 Å². The summed E-state index contributed by atoms with van der Waals surface area (Å²) in [4.78, 5) is 11.7. The third kappa shape index (κ3) is 2.06. The quantitative estimate of drug-likeness (QED) is 0.800. The fraction of sp³-hybridized carbons (Fsp3) is 0.381. The number of aromatic carboxylic acids is 1. The lowest BCUT2D eigenvalue weighted by Crippen LogP contribution is -2.36. The zero-order valence-electron chi connectivity index (χ0n) is 14.1. The number of anilines is 1. The molecule has 3 nitrogen and oxygen atoms in total. The molecule has 26 heavy (non-hydrogen) atoms. The lowest BCUT2D eigenvalue weighted by atomic mass is 9.67. The largest absolute Gasteiger partial charge is 0.478 e. The zero-order valence-corrected chi connectivity index (χ0v) is 14.1. The number of carbonyl (C=O) groups is 1. The first-order valence-electron chi connectivity index (χ1n) is 9.13. The van der Waals surface area contributed by atoms with E-state index in [-0.39, 0.29) is 17.4 Å². The van der Waals surface area contributed by atoms with Crippen LogP contribution in [0.3, 0.4) is 0 Å². The van der Waals surface area contributed by atoms with E-state index in [2.05, 4.69) is 5.32 Å². The van der Waals surface area contributed by atoms with Crippen LogP contribution in [0.2, 0.25) is 0 Å². The highest BCUT2D eigenvalue weighted by atomic mass is 19.2. The number of benzene rings is 2. The SMILES string of the molecule is O=C(O)c1cccc2c1N[C@H](c1cccc(F)c1F)[C@H]1[C@H]3CC[C@@H](C3)[C@H]21. The van der Waals surface area contributed by atoms with Crippen molar-refractivity contribution < 1.29 is 18.7 Å². The Morgan fingerprint density at radius 1 is 1.04 bits per heavy atom. The zero-order chi connectivity index (χ0) is 18.0. The molecule has 2 bridgehead atoms. The maximum Gasteiger partial charge on any atom is 0.337 e. The van der Waals surface area contributed by atoms with Gasteiger partial charge in [0, 0.05) is 5.56 Å². The second kappa shape index (κ2) is 5.53. The standard InChI is InChI=1S/C21H19F2NO2/c22-15-6-2-4-13(18(15)23)20-17-11-8-7-10(9-11)16(17)12-3-1-5-14(21(25)26)19(12)24-20/h1-6,10-11,16-17,20,24H,7-9H2,(H,25,26)/t10-,11-,16+,17-,20+/m0/s1. The van der Waals surface area contributed by atoms with Crippen molar-refractivity contribution in [1.82, 2.24) is 0 Å². The number of nitrogens with one attached hydrogen (secondary N) is 1. The van der Waals surface area contributed by atoms with Gasteiger partial charge in [0.25, 0.3) is 0 Å². The molecule has 2 fully saturated rings. The molecule has 2 aromatic carbocycles. The first kappa shape index (κ1) is 15.8. The molecule has 134 valence electrons. The Morgan fingerprint density at radius 2 is 1.77 bits per heavy atom. The summed E-state index contributed by atoms with van der Waals surface area (Å²) in [6.45, 7) is 0. The van der Waals surface area contributed by atoms with Crippen LogP contribution in [0.15, 0.2) is 36.4 Å². The first-order valence-corrected chi connectivity index (χ1v) is 9.13. The topological polar surface area (TPSA) is 49.3 Å². The van der Waals surface area contributed by atoms with Gasteiger partial charge in [0.2, 0.25) is 0 Å². The summed E-state index contributed by atoms with van der Waals surface area (Å²) in [5, 5.41) is 12.9. The molecule has 0 spiro atoms. The van der Waals surface area contributed by atoms with Crippen molar-refractivity contribution in [2.45, 2.75) is 31.2 Å². The highest BCUT2D eigenvalue weighted by Crippen LogP contribution is 2.64. The smallest absolute Gasteiger partial charge is 0.337 e. The number of hydrogen-bond acceptors (Lipinski definition) is 2. The summed E-state index contributed by atoms with van der Waals surface area (Å²) in [6, 6.07) is 9.21. The van der Waals surface area contributed by atoms with Crippen molar-refractivity contribution in [3.63, 3.8) is 0 Å². The number of carboxylic acid groups (broad SMARTS) is 1. The van der Waals surface area contributed by atoms with Gasteiger partial charge < -0.3 is 10.4 Å². The van der Waals surface area contributed by atoms with E-state index in [4.69, 9.17) is 0 Å². The Kier molecular flexibility index (Phi) is 3.36. The highest BCUT2D eigenvalue weighted by molar-refractivity contribution is 5.95. The minimum absolute atomic E-state index is 0.168. The Balaban J connectivity index is 1.71. The molecule has 5 atom stereocenters. The number of hydrogen-bond donors (Lipinski definition) is 2. The summed E-state index contributed by atoms with van der Waals surface area (Å²) in [5.41, 5.74) is 2.10. The maximum absolute atomic E-state index is 14.6. The molecule has 0 saturated heterocycles. The van der Waals surface area contributed by atoms with Crippen LogP contribution in [0.5, 0.6) is 0 Å². The van der Waals surface area contributed by atoms with E-state index in [0.29, 0.717) is 23.1 Å². The van der Waals surface area contributed by atoms with Crippen LogP contribution < -0.4 is 5.32 Å². The monoisotopic (exact) mass is 355 g/mol. The molecule has 1 heterocycles. The summed E-state index contributed by atoms with van der Waals surface area (Å²) in [7, 11) is 0. The molecule has 2 N–H and O–H groups in total. The number of fused-ring (bicyclic) bond motifs is 7. The highest BCUT2D eigenvalue weighted by Gasteiger charge is 2.54. The molecule has 0 unspecified atom stereocenters. The van der Waals surface area contributed by atoms with E-state index >= 15 is 0 Å². The summed E-state index contributed by atoms with van der Waals surface area (Å²) >= 11 is 0. The van der Waals surface area contributed by atoms with Crippen LogP contribution in [0, 0.1) is 29.4 Å². The van der Waals surface area contributed by atoms with E-state index < -0.39 is 23.6 Å². The van der Waals surface area contributed by atoms with Crippen molar-refractivity contribution in [1.29, 1.82) is 0 Å². The fourth-order valence-corrected chi connectivity index (χ4v) is 5.76. The van der Waals surface area contributed by atoms with Gasteiger partial charge in [-0.15, -0.1) is 0 Å². The van der Waals surface area contributed by atoms with Crippen LogP contribution in [0.25, 0.3) is 0 Å². The Bertz CT molecular complexity index is 913. The predicted molar refractivity (Wildman–Crippen MR) is 93.2 cm³/mol. The fourth-order valence-electron chi connectivity index (χ4n) is 5.76. The van der Waals surface area contributed by atoms with Crippen LogP contribution in [-0.2, 0) is 0 Å². The van der Waals surface area contributed by atoms with E-state index in [1.165, 1.54) is 6.07 Å².